The summed E-state index contributed by atoms with van der Waals surface area (Å²) in [6.45, 7) is 3.38. The van der Waals surface area contributed by atoms with Gasteiger partial charge in [0.25, 0.3) is 5.91 Å². The van der Waals surface area contributed by atoms with E-state index in [1.165, 1.54) is 6.07 Å². The summed E-state index contributed by atoms with van der Waals surface area (Å²) in [7, 11) is 0. The van der Waals surface area contributed by atoms with Crippen molar-refractivity contribution in [3.05, 3.63) is 23.7 Å². The molecule has 0 bridgehead atoms. The summed E-state index contributed by atoms with van der Waals surface area (Å²) in [5.74, 6) is -1.35. The second kappa shape index (κ2) is 6.53. The molecule has 0 radical (unpaired) electrons. The van der Waals surface area contributed by atoms with Gasteiger partial charge in [-0.15, -0.1) is 0 Å². The fourth-order valence-corrected chi connectivity index (χ4v) is 2.26. The minimum Gasteiger partial charge on any atom is -0.478 e. The number of carboxylic acid groups (broad SMARTS) is 1. The second-order valence-electron chi connectivity index (χ2n) is 4.72. The Balaban J connectivity index is 1.99. The van der Waals surface area contributed by atoms with Gasteiger partial charge in [-0.25, -0.2) is 4.79 Å². The number of carbonyl (C=O) groups is 2. The molecule has 7 nitrogen and oxygen atoms in total. The van der Waals surface area contributed by atoms with Gasteiger partial charge in [0.15, 0.2) is 5.76 Å². The zero-order valence-corrected chi connectivity index (χ0v) is 11.1. The fourth-order valence-electron chi connectivity index (χ4n) is 2.26. The van der Waals surface area contributed by atoms with Gasteiger partial charge in [-0.3, -0.25) is 9.69 Å². The van der Waals surface area contributed by atoms with E-state index in [1.54, 1.807) is 4.90 Å². The molecule has 2 rings (SSSR count). The van der Waals surface area contributed by atoms with Crippen LogP contribution in [-0.4, -0.2) is 71.2 Å². The van der Waals surface area contributed by atoms with Gasteiger partial charge < -0.3 is 19.5 Å². The topological polar surface area (TPSA) is 94.2 Å². The molecule has 0 saturated carbocycles. The third-order valence-electron chi connectivity index (χ3n) is 3.35. The lowest BCUT2D eigenvalue weighted by atomic mass is 10.3. The summed E-state index contributed by atoms with van der Waals surface area (Å²) < 4.78 is 5.03. The molecule has 110 valence electrons. The molecule has 1 amide bonds. The van der Waals surface area contributed by atoms with Crippen LogP contribution >= 0.6 is 0 Å². The van der Waals surface area contributed by atoms with E-state index in [2.05, 4.69) is 4.90 Å². The fraction of sp³-hybridized carbons (Fsp3) is 0.538. The number of aliphatic hydroxyl groups excluding tert-OH is 1. The number of carboxylic acids is 1. The van der Waals surface area contributed by atoms with Crippen LogP contribution in [0, 0.1) is 0 Å². The molecule has 1 aromatic rings. The Morgan fingerprint density at radius 1 is 1.25 bits per heavy atom. The van der Waals surface area contributed by atoms with Gasteiger partial charge in [-0.1, -0.05) is 0 Å². The summed E-state index contributed by atoms with van der Waals surface area (Å²) in [5.41, 5.74) is -0.0231. The zero-order valence-electron chi connectivity index (χ0n) is 11.1. The van der Waals surface area contributed by atoms with E-state index in [0.29, 0.717) is 26.2 Å². The van der Waals surface area contributed by atoms with E-state index in [4.69, 9.17) is 14.6 Å². The lowest BCUT2D eigenvalue weighted by Crippen LogP contribution is -2.35. The first kappa shape index (κ1) is 14.5. The first-order valence-electron chi connectivity index (χ1n) is 6.56. The van der Waals surface area contributed by atoms with Crippen LogP contribution in [0.1, 0.15) is 27.3 Å². The Kier molecular flexibility index (Phi) is 4.75. The highest BCUT2D eigenvalue weighted by molar-refractivity contribution is 5.95. The highest BCUT2D eigenvalue weighted by Gasteiger charge is 2.23. The molecule has 0 spiro atoms. The summed E-state index contributed by atoms with van der Waals surface area (Å²) in [5, 5.41) is 17.7. The van der Waals surface area contributed by atoms with Crippen molar-refractivity contribution in [1.29, 1.82) is 0 Å². The number of hydrogen-bond acceptors (Lipinski definition) is 5. The van der Waals surface area contributed by atoms with Crippen molar-refractivity contribution < 1.29 is 24.2 Å². The van der Waals surface area contributed by atoms with Crippen molar-refractivity contribution in [2.75, 3.05) is 39.3 Å². The van der Waals surface area contributed by atoms with E-state index in [9.17, 15) is 9.59 Å². The number of carbonyl (C=O) groups excluding carboxylic acids is 1. The predicted molar refractivity (Wildman–Crippen MR) is 69.7 cm³/mol. The Morgan fingerprint density at radius 3 is 2.70 bits per heavy atom. The molecule has 1 saturated heterocycles. The van der Waals surface area contributed by atoms with Gasteiger partial charge >= 0.3 is 5.97 Å². The quantitative estimate of drug-likeness (QED) is 0.814. The third kappa shape index (κ3) is 3.37. The van der Waals surface area contributed by atoms with Gasteiger partial charge in [-0.2, -0.15) is 0 Å². The largest absolute Gasteiger partial charge is 0.478 e. The Morgan fingerprint density at radius 2 is 2.05 bits per heavy atom. The lowest BCUT2D eigenvalue weighted by Gasteiger charge is -2.20. The maximum Gasteiger partial charge on any atom is 0.338 e. The molecule has 1 aliphatic heterocycles. The molecule has 0 aliphatic carbocycles. The zero-order chi connectivity index (χ0) is 14.5. The molecule has 1 aliphatic rings. The molecule has 2 N–H and O–H groups in total. The van der Waals surface area contributed by atoms with E-state index in [0.717, 1.165) is 19.2 Å². The molecule has 0 unspecified atom stereocenters. The summed E-state index contributed by atoms with van der Waals surface area (Å²) in [4.78, 5) is 26.7. The number of amides is 1. The smallest absolute Gasteiger partial charge is 0.338 e. The maximum absolute atomic E-state index is 12.2. The SMILES string of the molecule is O=C(O)c1coc(C(=O)N2CCCN(CCO)CC2)c1. The van der Waals surface area contributed by atoms with Gasteiger partial charge in [0.2, 0.25) is 0 Å². The molecule has 20 heavy (non-hydrogen) atoms. The Bertz CT molecular complexity index is 485. The van der Waals surface area contributed by atoms with Crippen LogP contribution < -0.4 is 0 Å². The van der Waals surface area contributed by atoms with E-state index < -0.39 is 5.97 Å². The van der Waals surface area contributed by atoms with Gasteiger partial charge in [0.05, 0.1) is 12.2 Å². The van der Waals surface area contributed by atoms with Gasteiger partial charge in [0, 0.05) is 32.2 Å². The van der Waals surface area contributed by atoms with Crippen LogP contribution in [0.3, 0.4) is 0 Å². The summed E-state index contributed by atoms with van der Waals surface area (Å²) >= 11 is 0. The van der Waals surface area contributed by atoms with Crippen molar-refractivity contribution in [3.8, 4) is 0 Å². The van der Waals surface area contributed by atoms with Crippen LogP contribution in [0.25, 0.3) is 0 Å². The average molecular weight is 282 g/mol. The van der Waals surface area contributed by atoms with Crippen LogP contribution in [0.5, 0.6) is 0 Å². The monoisotopic (exact) mass is 282 g/mol. The average Bonchev–Trinajstić information content (AvgIpc) is 2.80. The van der Waals surface area contributed by atoms with Crippen molar-refractivity contribution in [2.24, 2.45) is 0 Å². The van der Waals surface area contributed by atoms with E-state index in [-0.39, 0.29) is 23.8 Å². The van der Waals surface area contributed by atoms with Crippen molar-refractivity contribution in [1.82, 2.24) is 9.80 Å². The minimum atomic E-state index is -1.11. The summed E-state index contributed by atoms with van der Waals surface area (Å²) in [6, 6.07) is 1.25. The number of nitrogens with zero attached hydrogens (tertiary/aromatic N) is 2. The Labute approximate surface area is 116 Å². The molecule has 1 aromatic heterocycles. The third-order valence-corrected chi connectivity index (χ3v) is 3.35. The number of rotatable bonds is 4. The maximum atomic E-state index is 12.2. The van der Waals surface area contributed by atoms with Crippen molar-refractivity contribution in [2.45, 2.75) is 6.42 Å². The first-order valence-corrected chi connectivity index (χ1v) is 6.56. The first-order chi connectivity index (χ1) is 9.61. The number of hydrogen-bond donors (Lipinski definition) is 2. The van der Waals surface area contributed by atoms with Crippen LogP contribution in [0.15, 0.2) is 16.7 Å². The van der Waals surface area contributed by atoms with Crippen LogP contribution in [-0.2, 0) is 0 Å². The number of aliphatic hydroxyl groups is 1. The molecular weight excluding hydrogens is 264 g/mol. The van der Waals surface area contributed by atoms with Crippen molar-refractivity contribution in [3.63, 3.8) is 0 Å². The second-order valence-corrected chi connectivity index (χ2v) is 4.72. The number of aromatic carboxylic acids is 1. The lowest BCUT2D eigenvalue weighted by molar-refractivity contribution is 0.0694. The van der Waals surface area contributed by atoms with Crippen molar-refractivity contribution >= 4 is 11.9 Å². The molecule has 2 heterocycles. The molecular formula is C13H18N2O5. The molecule has 7 heteroatoms. The van der Waals surface area contributed by atoms with Gasteiger partial charge in [-0.05, 0) is 13.0 Å². The van der Waals surface area contributed by atoms with Crippen LogP contribution in [0.4, 0.5) is 0 Å². The van der Waals surface area contributed by atoms with E-state index in [1.807, 2.05) is 0 Å². The summed E-state index contributed by atoms with van der Waals surface area (Å²) in [6.07, 6.45) is 1.89. The predicted octanol–water partition coefficient (Wildman–Crippen LogP) is 0.118. The normalized spacial score (nSPS) is 16.9. The highest BCUT2D eigenvalue weighted by Crippen LogP contribution is 2.13. The molecule has 0 atom stereocenters. The molecule has 1 fully saturated rings. The number of furan rings is 1. The highest BCUT2D eigenvalue weighted by atomic mass is 16.4. The molecule has 0 aromatic carbocycles. The van der Waals surface area contributed by atoms with Crippen LogP contribution in [0.2, 0.25) is 0 Å². The van der Waals surface area contributed by atoms with Gasteiger partial charge in [0.1, 0.15) is 6.26 Å². The van der Waals surface area contributed by atoms with E-state index >= 15 is 0 Å². The minimum absolute atomic E-state index is 0.0231. The Hall–Kier alpha value is -1.86. The standard InChI is InChI=1S/C13H18N2O5/c16-7-6-14-2-1-3-15(5-4-14)12(17)11-8-10(9-20-11)13(18)19/h8-9,16H,1-7H2,(H,18,19). The number of β-amino-alcohol motifs (C(OH)–C–C–N with tert-alkyl or cyclic N) is 1.